The number of fused-ring (bicyclic) bond motifs is 1. The second-order valence-corrected chi connectivity index (χ2v) is 7.35. The highest BCUT2D eigenvalue weighted by Crippen LogP contribution is 2.34. The van der Waals surface area contributed by atoms with Gasteiger partial charge in [0.05, 0.1) is 5.75 Å². The third-order valence-electron chi connectivity index (χ3n) is 3.72. The largest absolute Gasteiger partial charge is 0.486 e. The molecule has 148 valence electrons. The van der Waals surface area contributed by atoms with Crippen LogP contribution in [0.1, 0.15) is 5.56 Å². The number of aryl methyl sites for hydroxylation is 1. The van der Waals surface area contributed by atoms with Crippen LogP contribution in [0.15, 0.2) is 41.3 Å². The molecule has 2 aromatic carbocycles. The van der Waals surface area contributed by atoms with Gasteiger partial charge in [0.1, 0.15) is 19.0 Å². The van der Waals surface area contributed by atoms with E-state index in [1.54, 1.807) is 18.2 Å². The topological polar surface area (TPSA) is 85.9 Å². The van der Waals surface area contributed by atoms with Gasteiger partial charge in [0.15, 0.2) is 18.1 Å². The SMILES string of the molecule is Cc1cc(OCC(=O)NNC(=O)CSc2ccc3c(c2)OCCO3)ccc1Cl. The molecule has 0 atom stereocenters. The molecular weight excluding hydrogens is 404 g/mol. The average molecular weight is 423 g/mol. The minimum absolute atomic E-state index is 0.136. The summed E-state index contributed by atoms with van der Waals surface area (Å²) in [4.78, 5) is 24.6. The summed E-state index contributed by atoms with van der Waals surface area (Å²) in [5, 5.41) is 0.625. The van der Waals surface area contributed by atoms with Gasteiger partial charge < -0.3 is 14.2 Å². The van der Waals surface area contributed by atoms with Gasteiger partial charge in [-0.3, -0.25) is 20.4 Å². The molecule has 0 saturated heterocycles. The van der Waals surface area contributed by atoms with Gasteiger partial charge >= 0.3 is 0 Å². The predicted molar refractivity (Wildman–Crippen MR) is 106 cm³/mol. The zero-order valence-electron chi connectivity index (χ0n) is 15.1. The molecule has 1 aliphatic rings. The van der Waals surface area contributed by atoms with Crippen molar-refractivity contribution in [3.8, 4) is 17.2 Å². The summed E-state index contributed by atoms with van der Waals surface area (Å²) >= 11 is 7.26. The number of benzene rings is 2. The molecule has 2 N–H and O–H groups in total. The van der Waals surface area contributed by atoms with Crippen molar-refractivity contribution in [2.24, 2.45) is 0 Å². The van der Waals surface area contributed by atoms with E-state index in [2.05, 4.69) is 10.9 Å². The second-order valence-electron chi connectivity index (χ2n) is 5.89. The van der Waals surface area contributed by atoms with Crippen LogP contribution >= 0.6 is 23.4 Å². The quantitative estimate of drug-likeness (QED) is 0.550. The highest BCUT2D eigenvalue weighted by Gasteiger charge is 2.13. The summed E-state index contributed by atoms with van der Waals surface area (Å²) in [6, 6.07) is 10.6. The number of hydrogen-bond donors (Lipinski definition) is 2. The standard InChI is InChI=1S/C19H19ClN2O5S/c1-12-8-13(2-4-15(12)20)27-10-18(23)21-22-19(24)11-28-14-3-5-16-17(9-14)26-7-6-25-16/h2-5,8-9H,6-7,10-11H2,1H3,(H,21,23)(H,22,24). The van der Waals surface area contributed by atoms with Gasteiger partial charge in [-0.1, -0.05) is 11.6 Å². The van der Waals surface area contributed by atoms with Gasteiger partial charge in [-0.2, -0.15) is 0 Å². The van der Waals surface area contributed by atoms with E-state index in [-0.39, 0.29) is 18.3 Å². The van der Waals surface area contributed by atoms with Gasteiger partial charge in [-0.05, 0) is 48.9 Å². The molecule has 1 aliphatic heterocycles. The van der Waals surface area contributed by atoms with E-state index in [9.17, 15) is 9.59 Å². The van der Waals surface area contributed by atoms with Crippen LogP contribution in [0.3, 0.4) is 0 Å². The van der Waals surface area contributed by atoms with Crippen LogP contribution < -0.4 is 25.1 Å². The number of hydrazine groups is 1. The maximum absolute atomic E-state index is 11.9. The van der Waals surface area contributed by atoms with E-state index in [0.29, 0.717) is 35.5 Å². The Labute approximate surface area is 171 Å². The van der Waals surface area contributed by atoms with E-state index in [4.69, 9.17) is 25.8 Å². The molecule has 3 rings (SSSR count). The molecule has 0 fully saturated rings. The second kappa shape index (κ2) is 9.57. The summed E-state index contributed by atoms with van der Waals surface area (Å²) in [5.41, 5.74) is 5.52. The first-order chi connectivity index (χ1) is 13.5. The Morgan fingerprint density at radius 3 is 2.61 bits per heavy atom. The number of carbonyl (C=O) groups is 2. The molecule has 0 aliphatic carbocycles. The molecule has 7 nitrogen and oxygen atoms in total. The fourth-order valence-corrected chi connectivity index (χ4v) is 3.17. The molecule has 0 spiro atoms. The lowest BCUT2D eigenvalue weighted by Crippen LogP contribution is -2.44. The van der Waals surface area contributed by atoms with Gasteiger partial charge in [-0.15, -0.1) is 11.8 Å². The normalized spacial score (nSPS) is 12.2. The van der Waals surface area contributed by atoms with E-state index >= 15 is 0 Å². The van der Waals surface area contributed by atoms with Gasteiger partial charge in [0.25, 0.3) is 5.91 Å². The van der Waals surface area contributed by atoms with Crippen LogP contribution in [-0.4, -0.2) is 37.4 Å². The summed E-state index contributed by atoms with van der Waals surface area (Å²) in [7, 11) is 0. The fraction of sp³-hybridized carbons (Fsp3) is 0.263. The minimum Gasteiger partial charge on any atom is -0.486 e. The number of rotatable bonds is 6. The monoisotopic (exact) mass is 422 g/mol. The van der Waals surface area contributed by atoms with E-state index < -0.39 is 5.91 Å². The lowest BCUT2D eigenvalue weighted by Gasteiger charge is -2.18. The number of thioether (sulfide) groups is 1. The maximum Gasteiger partial charge on any atom is 0.276 e. The van der Waals surface area contributed by atoms with Crippen molar-refractivity contribution in [2.45, 2.75) is 11.8 Å². The van der Waals surface area contributed by atoms with Crippen molar-refractivity contribution in [2.75, 3.05) is 25.6 Å². The lowest BCUT2D eigenvalue weighted by atomic mass is 10.2. The zero-order valence-corrected chi connectivity index (χ0v) is 16.7. The van der Waals surface area contributed by atoms with Crippen LogP contribution in [0.2, 0.25) is 5.02 Å². The van der Waals surface area contributed by atoms with E-state index in [0.717, 1.165) is 10.5 Å². The lowest BCUT2D eigenvalue weighted by molar-refractivity contribution is -0.128. The molecule has 0 saturated carbocycles. The molecule has 2 amide bonds. The van der Waals surface area contributed by atoms with Crippen LogP contribution in [0, 0.1) is 6.92 Å². The zero-order chi connectivity index (χ0) is 19.9. The van der Waals surface area contributed by atoms with Crippen LogP contribution in [0.25, 0.3) is 0 Å². The van der Waals surface area contributed by atoms with Crippen molar-refractivity contribution < 1.29 is 23.8 Å². The average Bonchev–Trinajstić information content (AvgIpc) is 2.71. The Balaban J connectivity index is 1.38. The number of halogens is 1. The summed E-state index contributed by atoms with van der Waals surface area (Å²) in [5.74, 6) is 1.22. The van der Waals surface area contributed by atoms with Crippen molar-refractivity contribution in [1.82, 2.24) is 10.9 Å². The van der Waals surface area contributed by atoms with E-state index in [1.165, 1.54) is 11.8 Å². The number of hydrogen-bond acceptors (Lipinski definition) is 6. The fourth-order valence-electron chi connectivity index (χ4n) is 2.33. The Bertz CT molecular complexity index is 877. The van der Waals surface area contributed by atoms with Crippen molar-refractivity contribution in [1.29, 1.82) is 0 Å². The van der Waals surface area contributed by atoms with E-state index in [1.807, 2.05) is 25.1 Å². The number of carbonyl (C=O) groups excluding carboxylic acids is 2. The Morgan fingerprint density at radius 1 is 1.07 bits per heavy atom. The van der Waals surface area contributed by atoms with Crippen LogP contribution in [-0.2, 0) is 9.59 Å². The minimum atomic E-state index is -0.467. The van der Waals surface area contributed by atoms with Crippen molar-refractivity contribution in [3.63, 3.8) is 0 Å². The maximum atomic E-state index is 11.9. The van der Waals surface area contributed by atoms with Gasteiger partial charge in [0.2, 0.25) is 5.91 Å². The smallest absolute Gasteiger partial charge is 0.276 e. The molecule has 1 heterocycles. The first-order valence-corrected chi connectivity index (χ1v) is 9.87. The Kier molecular flexibility index (Phi) is 6.89. The Morgan fingerprint density at radius 2 is 1.82 bits per heavy atom. The molecule has 0 unspecified atom stereocenters. The third-order valence-corrected chi connectivity index (χ3v) is 5.14. The molecule has 28 heavy (non-hydrogen) atoms. The Hall–Kier alpha value is -2.58. The highest BCUT2D eigenvalue weighted by molar-refractivity contribution is 8.00. The van der Waals surface area contributed by atoms with Crippen LogP contribution in [0.4, 0.5) is 0 Å². The summed E-state index contributed by atoms with van der Waals surface area (Å²) in [6.45, 7) is 2.65. The third kappa shape index (κ3) is 5.71. The number of ether oxygens (including phenoxy) is 3. The van der Waals surface area contributed by atoms with Crippen molar-refractivity contribution in [3.05, 3.63) is 47.0 Å². The molecule has 0 aromatic heterocycles. The summed E-state index contributed by atoms with van der Waals surface area (Å²) < 4.78 is 16.3. The highest BCUT2D eigenvalue weighted by atomic mass is 35.5. The van der Waals surface area contributed by atoms with Crippen LogP contribution in [0.5, 0.6) is 17.2 Å². The molecule has 2 aromatic rings. The molecule has 0 radical (unpaired) electrons. The van der Waals surface area contributed by atoms with Gasteiger partial charge in [0, 0.05) is 9.92 Å². The first-order valence-electron chi connectivity index (χ1n) is 8.50. The molecule has 0 bridgehead atoms. The predicted octanol–water partition coefficient (Wildman–Crippen LogP) is 2.74. The number of nitrogens with one attached hydrogen (secondary N) is 2. The number of amides is 2. The molecule has 9 heteroatoms. The summed E-state index contributed by atoms with van der Waals surface area (Å²) in [6.07, 6.45) is 0. The van der Waals surface area contributed by atoms with Gasteiger partial charge in [-0.25, -0.2) is 0 Å². The van der Waals surface area contributed by atoms with Crippen molar-refractivity contribution >= 4 is 35.2 Å². The molecular formula is C19H19ClN2O5S. The first kappa shape index (κ1) is 20.2.